The van der Waals surface area contributed by atoms with Gasteiger partial charge in [0.25, 0.3) is 0 Å². The number of piperidine rings is 1. The highest BCUT2D eigenvalue weighted by Gasteiger charge is 2.33. The summed E-state index contributed by atoms with van der Waals surface area (Å²) in [6.07, 6.45) is 2.42. The van der Waals surface area contributed by atoms with Gasteiger partial charge in [0.05, 0.1) is 0 Å². The van der Waals surface area contributed by atoms with E-state index >= 15 is 0 Å². The summed E-state index contributed by atoms with van der Waals surface area (Å²) in [5.74, 6) is -0.207. The molecule has 0 spiro atoms. The lowest BCUT2D eigenvalue weighted by molar-refractivity contribution is -0.126. The number of rotatable bonds is 8. The van der Waals surface area contributed by atoms with Gasteiger partial charge in [0.2, 0.25) is 15.9 Å². The van der Waals surface area contributed by atoms with Gasteiger partial charge in [-0.05, 0) is 50.5 Å². The van der Waals surface area contributed by atoms with Crippen molar-refractivity contribution >= 4 is 33.2 Å². The van der Waals surface area contributed by atoms with Gasteiger partial charge < -0.3 is 10.2 Å². The number of hydrogen-bond donors (Lipinski definition) is 1. The highest BCUT2D eigenvalue weighted by molar-refractivity contribution is 7.89. The van der Waals surface area contributed by atoms with E-state index in [1.54, 1.807) is 6.07 Å². The molecule has 7 nitrogen and oxygen atoms in total. The molecule has 2 heterocycles. The monoisotopic (exact) mass is 464 g/mol. The Kier molecular flexibility index (Phi) is 7.91. The summed E-state index contributed by atoms with van der Waals surface area (Å²) in [6, 6.07) is 11.2. The van der Waals surface area contributed by atoms with E-state index in [4.69, 9.17) is 11.6 Å². The van der Waals surface area contributed by atoms with Crippen molar-refractivity contribution in [2.24, 2.45) is 5.92 Å². The van der Waals surface area contributed by atoms with E-state index < -0.39 is 10.0 Å². The van der Waals surface area contributed by atoms with Crippen LogP contribution in [0.3, 0.4) is 0 Å². The van der Waals surface area contributed by atoms with Crippen molar-refractivity contribution in [3.8, 4) is 0 Å². The second kappa shape index (κ2) is 10.4. The van der Waals surface area contributed by atoms with Crippen LogP contribution < -0.4 is 10.2 Å². The third kappa shape index (κ3) is 5.56. The van der Waals surface area contributed by atoms with Gasteiger partial charge in [-0.2, -0.15) is 4.31 Å². The maximum absolute atomic E-state index is 12.8. The molecule has 1 fully saturated rings. The molecule has 0 radical (unpaired) electrons. The molecule has 0 atom stereocenters. The first-order valence-electron chi connectivity index (χ1n) is 10.5. The first-order chi connectivity index (χ1) is 14.8. The van der Waals surface area contributed by atoms with Crippen molar-refractivity contribution in [2.75, 3.05) is 37.6 Å². The molecule has 1 aromatic carbocycles. The summed E-state index contributed by atoms with van der Waals surface area (Å²) >= 11 is 5.97. The van der Waals surface area contributed by atoms with E-state index in [0.29, 0.717) is 19.4 Å². The number of carbonyl (C=O) groups excluding carboxylic acids is 1. The summed E-state index contributed by atoms with van der Waals surface area (Å²) in [5, 5.41) is 2.99. The van der Waals surface area contributed by atoms with Crippen LogP contribution in [0.25, 0.3) is 0 Å². The van der Waals surface area contributed by atoms with Gasteiger partial charge in [-0.1, -0.05) is 29.8 Å². The number of pyridine rings is 1. The van der Waals surface area contributed by atoms with E-state index in [-0.39, 0.29) is 35.0 Å². The second-order valence-electron chi connectivity index (χ2n) is 7.63. The quantitative estimate of drug-likeness (QED) is 0.607. The zero-order chi connectivity index (χ0) is 22.4. The predicted octanol–water partition coefficient (Wildman–Crippen LogP) is 3.09. The number of para-hydroxylation sites is 1. The largest absolute Gasteiger partial charge is 0.370 e. The van der Waals surface area contributed by atoms with Gasteiger partial charge in [-0.15, -0.1) is 0 Å². The number of carbonyl (C=O) groups is 1. The van der Waals surface area contributed by atoms with Crippen molar-refractivity contribution in [3.63, 3.8) is 0 Å². The molecule has 1 saturated heterocycles. The Hall–Kier alpha value is -2.16. The van der Waals surface area contributed by atoms with Gasteiger partial charge in [-0.25, -0.2) is 13.4 Å². The first-order valence-corrected chi connectivity index (χ1v) is 12.4. The summed E-state index contributed by atoms with van der Waals surface area (Å²) in [6.45, 7) is 6.88. The minimum Gasteiger partial charge on any atom is -0.370 e. The Morgan fingerprint density at radius 1 is 1.23 bits per heavy atom. The van der Waals surface area contributed by atoms with Gasteiger partial charge in [0, 0.05) is 50.5 Å². The smallest absolute Gasteiger partial charge is 0.246 e. The Morgan fingerprint density at radius 3 is 2.58 bits per heavy atom. The molecule has 3 rings (SSSR count). The normalized spacial score (nSPS) is 15.6. The van der Waals surface area contributed by atoms with Gasteiger partial charge in [0.1, 0.15) is 10.0 Å². The Bertz CT molecular complexity index is 1010. The highest BCUT2D eigenvalue weighted by Crippen LogP contribution is 2.27. The highest BCUT2D eigenvalue weighted by atomic mass is 35.5. The van der Waals surface area contributed by atoms with Crippen LogP contribution in [0.1, 0.15) is 25.3 Å². The lowest BCUT2D eigenvalue weighted by atomic mass is 9.97. The Morgan fingerprint density at radius 2 is 1.94 bits per heavy atom. The molecule has 1 N–H and O–H groups in total. The van der Waals surface area contributed by atoms with E-state index in [9.17, 15) is 13.2 Å². The number of benzene rings is 1. The van der Waals surface area contributed by atoms with Crippen LogP contribution in [0.5, 0.6) is 0 Å². The standard InChI is InChI=1S/C22H29ClN4O3S/c1-3-26(19-8-5-4-7-17(19)2)16-13-25-22(28)18-10-14-27(15-11-18)31(29,30)20-9-6-12-24-21(20)23/h4-9,12,18H,3,10-11,13-16H2,1-2H3,(H,25,28). The number of halogens is 1. The minimum absolute atomic E-state index is 0.00966. The van der Waals surface area contributed by atoms with Crippen molar-refractivity contribution in [1.29, 1.82) is 0 Å². The molecule has 1 aliphatic heterocycles. The number of aromatic nitrogens is 1. The summed E-state index contributed by atoms with van der Waals surface area (Å²) in [4.78, 5) is 18.7. The summed E-state index contributed by atoms with van der Waals surface area (Å²) < 4.78 is 27.0. The molecule has 31 heavy (non-hydrogen) atoms. The van der Waals surface area contributed by atoms with Crippen LogP contribution in [0.2, 0.25) is 5.15 Å². The minimum atomic E-state index is -3.71. The fourth-order valence-electron chi connectivity index (χ4n) is 3.89. The Labute approximate surface area is 189 Å². The van der Waals surface area contributed by atoms with Crippen molar-refractivity contribution in [2.45, 2.75) is 31.6 Å². The topological polar surface area (TPSA) is 82.6 Å². The third-order valence-electron chi connectivity index (χ3n) is 5.69. The lowest BCUT2D eigenvalue weighted by Gasteiger charge is -2.31. The van der Waals surface area contributed by atoms with Gasteiger partial charge >= 0.3 is 0 Å². The molecule has 0 unspecified atom stereocenters. The average molecular weight is 465 g/mol. The first kappa shape index (κ1) is 23.5. The average Bonchev–Trinajstić information content (AvgIpc) is 2.77. The van der Waals surface area contributed by atoms with Gasteiger partial charge in [-0.3, -0.25) is 4.79 Å². The maximum Gasteiger partial charge on any atom is 0.246 e. The lowest BCUT2D eigenvalue weighted by Crippen LogP contribution is -2.44. The Balaban J connectivity index is 1.50. The second-order valence-corrected chi connectivity index (χ2v) is 9.89. The van der Waals surface area contributed by atoms with Crippen LogP contribution >= 0.6 is 11.6 Å². The fourth-order valence-corrected chi connectivity index (χ4v) is 5.78. The van der Waals surface area contributed by atoms with Crippen LogP contribution in [0.4, 0.5) is 5.69 Å². The fraction of sp³-hybridized carbons (Fsp3) is 0.455. The zero-order valence-electron chi connectivity index (χ0n) is 17.9. The van der Waals surface area contributed by atoms with E-state index in [0.717, 1.165) is 13.1 Å². The molecule has 0 aliphatic carbocycles. The molecule has 1 aliphatic rings. The number of nitrogens with one attached hydrogen (secondary N) is 1. The number of sulfonamides is 1. The molecule has 0 bridgehead atoms. The maximum atomic E-state index is 12.8. The van der Waals surface area contributed by atoms with Crippen LogP contribution in [-0.4, -0.2) is 56.3 Å². The molecule has 1 amide bonds. The predicted molar refractivity (Wildman–Crippen MR) is 123 cm³/mol. The number of hydrogen-bond acceptors (Lipinski definition) is 5. The summed E-state index contributed by atoms with van der Waals surface area (Å²) in [5.41, 5.74) is 2.38. The van der Waals surface area contributed by atoms with Crippen LogP contribution in [0, 0.1) is 12.8 Å². The van der Waals surface area contributed by atoms with E-state index in [1.807, 2.05) is 12.1 Å². The molecule has 9 heteroatoms. The molecule has 168 valence electrons. The molecular weight excluding hydrogens is 436 g/mol. The van der Waals surface area contributed by atoms with E-state index in [2.05, 4.69) is 41.2 Å². The van der Waals surface area contributed by atoms with E-state index in [1.165, 1.54) is 27.8 Å². The molecule has 2 aromatic rings. The van der Waals surface area contributed by atoms with Gasteiger partial charge in [0.15, 0.2) is 0 Å². The molecular formula is C22H29ClN4O3S. The zero-order valence-corrected chi connectivity index (χ0v) is 19.5. The number of amides is 1. The third-order valence-corrected chi connectivity index (χ3v) is 8.03. The van der Waals surface area contributed by atoms with Crippen molar-refractivity contribution in [3.05, 3.63) is 53.3 Å². The molecule has 0 saturated carbocycles. The molecule has 1 aromatic heterocycles. The van der Waals surface area contributed by atoms with Crippen LogP contribution in [0.15, 0.2) is 47.5 Å². The number of anilines is 1. The number of aryl methyl sites for hydroxylation is 1. The number of nitrogens with zero attached hydrogens (tertiary/aromatic N) is 3. The van der Waals surface area contributed by atoms with Crippen molar-refractivity contribution < 1.29 is 13.2 Å². The van der Waals surface area contributed by atoms with Crippen molar-refractivity contribution in [1.82, 2.24) is 14.6 Å². The summed E-state index contributed by atoms with van der Waals surface area (Å²) in [7, 11) is -3.71. The van der Waals surface area contributed by atoms with Crippen LogP contribution in [-0.2, 0) is 14.8 Å². The number of likely N-dealkylation sites (N-methyl/N-ethyl adjacent to an activating group) is 1. The SMILES string of the molecule is CCN(CCNC(=O)C1CCN(S(=O)(=O)c2cccnc2Cl)CC1)c1ccccc1C.